The van der Waals surface area contributed by atoms with Gasteiger partial charge in [0.1, 0.15) is 11.8 Å². The summed E-state index contributed by atoms with van der Waals surface area (Å²) in [7, 11) is 0. The zero-order valence-electron chi connectivity index (χ0n) is 28.5. The van der Waals surface area contributed by atoms with Crippen molar-refractivity contribution < 1.29 is 24.2 Å². The summed E-state index contributed by atoms with van der Waals surface area (Å²) in [6, 6.07) is 22.5. The van der Waals surface area contributed by atoms with Crippen LogP contribution in [0.2, 0.25) is 5.02 Å². The lowest BCUT2D eigenvalue weighted by Crippen LogP contribution is -2.58. The maximum Gasteiger partial charge on any atom is 0.251 e. The summed E-state index contributed by atoms with van der Waals surface area (Å²) >= 11 is 8.27. The van der Waals surface area contributed by atoms with Gasteiger partial charge in [-0.3, -0.25) is 14.4 Å². The summed E-state index contributed by atoms with van der Waals surface area (Å²) in [6.45, 7) is 12.4. The molecule has 262 valence electrons. The van der Waals surface area contributed by atoms with Crippen LogP contribution in [0.1, 0.15) is 32.3 Å². The van der Waals surface area contributed by atoms with Gasteiger partial charge in [0.05, 0.1) is 46.5 Å². The van der Waals surface area contributed by atoms with E-state index in [0.29, 0.717) is 48.0 Å². The standard InChI is InChI=1S/C40H44ClN3O5S/c1-5-23-42(28-17-19-30(20-18-28)49-7-3)36(46)33-34-37(47)44(29(26-45)25-27-13-9-8-10-14-27)35(40(34)22-21-39(33,4)50-40)38(48)43(24-6-2)32-16-12-11-15-31(32)41/h5-6,8-20,29,33-35,45H,1-2,7,21-26H2,3-4H3/t29-,33-,34+,35?,39+,40?/m1/s1. The minimum atomic E-state index is -0.958. The van der Waals surface area contributed by atoms with Crippen LogP contribution < -0.4 is 14.5 Å². The second kappa shape index (κ2) is 14.7. The molecule has 10 heteroatoms. The van der Waals surface area contributed by atoms with Crippen molar-refractivity contribution in [2.24, 2.45) is 11.8 Å². The highest BCUT2D eigenvalue weighted by Crippen LogP contribution is 2.72. The number of anilines is 2. The van der Waals surface area contributed by atoms with Crippen molar-refractivity contribution in [2.75, 3.05) is 36.1 Å². The Labute approximate surface area is 303 Å². The van der Waals surface area contributed by atoms with Crippen LogP contribution in [-0.4, -0.2) is 75.6 Å². The number of rotatable bonds is 14. The molecule has 3 saturated heterocycles. The van der Waals surface area contributed by atoms with E-state index in [0.717, 1.165) is 5.56 Å². The number of carbonyl (C=O) groups excluding carboxylic acids is 3. The Hall–Kier alpha value is -4.05. The first kappa shape index (κ1) is 35.8. The lowest BCUT2D eigenvalue weighted by atomic mass is 9.66. The third-order valence-corrected chi connectivity index (χ3v) is 12.7. The van der Waals surface area contributed by atoms with Crippen molar-refractivity contribution in [3.63, 3.8) is 0 Å². The summed E-state index contributed by atoms with van der Waals surface area (Å²) in [4.78, 5) is 50.1. The molecule has 1 spiro atoms. The molecule has 3 aliphatic heterocycles. The van der Waals surface area contributed by atoms with E-state index < -0.39 is 33.4 Å². The Bertz CT molecular complexity index is 1760. The lowest BCUT2D eigenvalue weighted by molar-refractivity contribution is -0.142. The maximum atomic E-state index is 15.2. The number of para-hydroxylation sites is 1. The number of likely N-dealkylation sites (tertiary alicyclic amines) is 1. The molecular formula is C40H44ClN3O5S. The Morgan fingerprint density at radius 1 is 1.00 bits per heavy atom. The highest BCUT2D eigenvalue weighted by Gasteiger charge is 2.78. The zero-order valence-corrected chi connectivity index (χ0v) is 30.1. The van der Waals surface area contributed by atoms with Crippen LogP contribution in [0.4, 0.5) is 11.4 Å². The molecule has 2 bridgehead atoms. The number of aliphatic hydroxyl groups is 1. The number of halogens is 1. The number of benzene rings is 3. The molecular weight excluding hydrogens is 670 g/mol. The monoisotopic (exact) mass is 713 g/mol. The van der Waals surface area contributed by atoms with Crippen molar-refractivity contribution in [3.05, 3.63) is 115 Å². The van der Waals surface area contributed by atoms with Crippen LogP contribution in [0.15, 0.2) is 104 Å². The summed E-state index contributed by atoms with van der Waals surface area (Å²) in [5, 5.41) is 11.3. The number of ether oxygens (including phenoxy) is 1. The van der Waals surface area contributed by atoms with Gasteiger partial charge in [0.15, 0.2) is 0 Å². The largest absolute Gasteiger partial charge is 0.494 e. The fourth-order valence-electron chi connectivity index (χ4n) is 8.31. The Kier molecular flexibility index (Phi) is 10.5. The normalized spacial score (nSPS) is 25.6. The smallest absolute Gasteiger partial charge is 0.251 e. The van der Waals surface area contributed by atoms with Gasteiger partial charge in [-0.1, -0.05) is 66.2 Å². The second-order valence-electron chi connectivity index (χ2n) is 13.4. The van der Waals surface area contributed by atoms with Crippen LogP contribution in [0.5, 0.6) is 5.75 Å². The SMILES string of the molecule is C=CCN(C(=O)[C@H]1[C@H]2C(=O)N([C@@H](CO)Cc3ccccc3)C(C(=O)N(CC=C)c3ccccc3Cl)C23CC[C@]1(C)S3)c1ccc(OCC)cc1. The van der Waals surface area contributed by atoms with Gasteiger partial charge in [-0.15, -0.1) is 24.9 Å². The summed E-state index contributed by atoms with van der Waals surface area (Å²) < 4.78 is 4.12. The molecule has 6 rings (SSSR count). The molecule has 8 nitrogen and oxygen atoms in total. The predicted octanol–water partition coefficient (Wildman–Crippen LogP) is 6.56. The number of hydrogen-bond donors (Lipinski definition) is 1. The van der Waals surface area contributed by atoms with Crippen LogP contribution in [0.3, 0.4) is 0 Å². The van der Waals surface area contributed by atoms with Crippen LogP contribution in [-0.2, 0) is 20.8 Å². The van der Waals surface area contributed by atoms with Gasteiger partial charge in [-0.25, -0.2) is 0 Å². The van der Waals surface area contributed by atoms with Gasteiger partial charge in [-0.2, -0.15) is 0 Å². The summed E-state index contributed by atoms with van der Waals surface area (Å²) in [5.41, 5.74) is 2.12. The van der Waals surface area contributed by atoms with Crippen molar-refractivity contribution in [3.8, 4) is 5.75 Å². The molecule has 3 fully saturated rings. The van der Waals surface area contributed by atoms with Gasteiger partial charge < -0.3 is 24.5 Å². The molecule has 6 atom stereocenters. The average Bonchev–Trinajstić information content (AvgIpc) is 3.70. The van der Waals surface area contributed by atoms with Crippen molar-refractivity contribution in [2.45, 2.75) is 54.7 Å². The highest BCUT2D eigenvalue weighted by molar-refractivity contribution is 8.02. The number of amides is 3. The van der Waals surface area contributed by atoms with Gasteiger partial charge >= 0.3 is 0 Å². The van der Waals surface area contributed by atoms with Crippen LogP contribution >= 0.6 is 23.4 Å². The van der Waals surface area contributed by atoms with Crippen LogP contribution in [0, 0.1) is 11.8 Å². The van der Waals surface area contributed by atoms with E-state index >= 15 is 9.59 Å². The first-order valence-corrected chi connectivity index (χ1v) is 18.3. The number of fused-ring (bicyclic) bond motifs is 1. The number of thioether (sulfide) groups is 1. The molecule has 2 unspecified atom stereocenters. The minimum absolute atomic E-state index is 0.166. The molecule has 1 N–H and O–H groups in total. The quantitative estimate of drug-likeness (QED) is 0.191. The van der Waals surface area contributed by atoms with Gasteiger partial charge in [0.25, 0.3) is 5.91 Å². The number of hydrogen-bond acceptors (Lipinski definition) is 6. The summed E-state index contributed by atoms with van der Waals surface area (Å²) in [6.07, 6.45) is 4.89. The first-order valence-electron chi connectivity index (χ1n) is 17.1. The van der Waals surface area contributed by atoms with Crippen molar-refractivity contribution in [1.29, 1.82) is 0 Å². The molecule has 0 radical (unpaired) electrons. The number of nitrogens with zero attached hydrogens (tertiary/aromatic N) is 3. The van der Waals surface area contributed by atoms with E-state index in [1.165, 1.54) is 0 Å². The lowest BCUT2D eigenvalue weighted by Gasteiger charge is -2.40. The third-order valence-electron chi connectivity index (χ3n) is 10.4. The fourth-order valence-corrected chi connectivity index (χ4v) is 10.9. The average molecular weight is 714 g/mol. The number of carbonyl (C=O) groups is 3. The minimum Gasteiger partial charge on any atom is -0.494 e. The zero-order chi connectivity index (χ0) is 35.6. The molecule has 3 heterocycles. The third kappa shape index (κ3) is 6.14. The second-order valence-corrected chi connectivity index (χ2v) is 15.7. The molecule has 0 aromatic heterocycles. The van der Waals surface area contributed by atoms with Gasteiger partial charge in [0, 0.05) is 23.5 Å². The van der Waals surface area contributed by atoms with E-state index in [1.807, 2.05) is 67.6 Å². The Balaban J connectivity index is 1.46. The number of aliphatic hydroxyl groups excluding tert-OH is 1. The molecule has 50 heavy (non-hydrogen) atoms. The molecule has 3 aromatic rings. The van der Waals surface area contributed by atoms with Crippen molar-refractivity contribution in [1.82, 2.24) is 4.90 Å². The van der Waals surface area contributed by atoms with Crippen molar-refractivity contribution >= 4 is 52.5 Å². The van der Waals surface area contributed by atoms with E-state index in [4.69, 9.17) is 16.3 Å². The van der Waals surface area contributed by atoms with E-state index in [9.17, 15) is 9.90 Å². The Morgan fingerprint density at radius 2 is 1.66 bits per heavy atom. The van der Waals surface area contributed by atoms with Crippen LogP contribution in [0.25, 0.3) is 0 Å². The Morgan fingerprint density at radius 3 is 2.30 bits per heavy atom. The van der Waals surface area contributed by atoms with E-state index in [1.54, 1.807) is 56.8 Å². The van der Waals surface area contributed by atoms with Gasteiger partial charge in [0.2, 0.25) is 11.8 Å². The van der Waals surface area contributed by atoms with E-state index in [2.05, 4.69) is 20.1 Å². The molecule has 3 aromatic carbocycles. The van der Waals surface area contributed by atoms with Gasteiger partial charge in [-0.05, 0) is 75.1 Å². The highest BCUT2D eigenvalue weighted by atomic mass is 35.5. The fraction of sp³-hybridized carbons (Fsp3) is 0.375. The molecule has 0 saturated carbocycles. The maximum absolute atomic E-state index is 15.2. The topological polar surface area (TPSA) is 90.4 Å². The first-order chi connectivity index (χ1) is 24.1. The molecule has 3 amide bonds. The van der Waals surface area contributed by atoms with E-state index in [-0.39, 0.29) is 37.4 Å². The predicted molar refractivity (Wildman–Crippen MR) is 201 cm³/mol. The molecule has 0 aliphatic carbocycles. The summed E-state index contributed by atoms with van der Waals surface area (Å²) in [5.74, 6) is -1.58. The molecule has 3 aliphatic rings.